The van der Waals surface area contributed by atoms with E-state index in [4.69, 9.17) is 32.7 Å². The molecule has 0 amide bonds. The minimum atomic E-state index is -1.63. The molecule has 318 valence electrons. The van der Waals surface area contributed by atoms with Crippen molar-refractivity contribution in [2.24, 2.45) is 28.1 Å². The average Bonchev–Trinajstić information content (AvgIpc) is 3.18. The monoisotopic (exact) mass is 850 g/mol. The highest BCUT2D eigenvalue weighted by Crippen LogP contribution is 2.67. The van der Waals surface area contributed by atoms with Gasteiger partial charge in [0.05, 0.1) is 5.41 Å². The Hall–Kier alpha value is -4.65. The zero-order valence-corrected chi connectivity index (χ0v) is 38.2. The topological polar surface area (TPSA) is 89.9 Å². The Balaban J connectivity index is 1.71. The van der Waals surface area contributed by atoms with Gasteiger partial charge < -0.3 is 14.6 Å². The molecule has 1 fully saturated rings. The van der Waals surface area contributed by atoms with Crippen molar-refractivity contribution in [2.75, 3.05) is 0 Å². The van der Waals surface area contributed by atoms with Crippen molar-refractivity contribution in [1.29, 1.82) is 0 Å². The third-order valence-electron chi connectivity index (χ3n) is 12.6. The number of rotatable bonds is 17. The predicted molar refractivity (Wildman–Crippen MR) is 244 cm³/mol. The molecule has 1 N–H and O–H groups in total. The number of carbonyl (C=O) groups is 3. The Morgan fingerprint density at radius 3 is 1.85 bits per heavy atom. The summed E-state index contributed by atoms with van der Waals surface area (Å²) in [7, 11) is 0. The van der Waals surface area contributed by atoms with Gasteiger partial charge in [-0.2, -0.15) is 0 Å². The molecule has 0 saturated heterocycles. The molecule has 8 heteroatoms. The lowest BCUT2D eigenvalue weighted by Crippen LogP contribution is -2.67. The number of ether oxygens (including phenoxy) is 2. The summed E-state index contributed by atoms with van der Waals surface area (Å²) < 4.78 is 12.6. The molecular weight excluding hydrogens is 791 g/mol. The fourth-order valence-electron chi connectivity index (χ4n) is 8.79. The second-order valence-electron chi connectivity index (χ2n) is 18.1. The standard InChI is InChI=1S/C52H60Cl2O6/c1-32(2)11-17-39(35(7)8)28-51-29-40(19-12-33(3)4)50(9,10)52(49(51)58,26-25-34(5)6)48(57)45(47(51)56)46(55)38-18-24-43(59-30-36-13-20-41(53)21-14-36)44(27-38)60-31-37-15-22-42(54)23-16-37/h11-16,18,20-25,27,39-40,56H,7,17,19,26,28-31H2,1-6,8-10H3. The molecule has 4 unspecified atom stereocenters. The summed E-state index contributed by atoms with van der Waals surface area (Å²) >= 11 is 12.3. The molecule has 0 aromatic heterocycles. The first-order valence-corrected chi connectivity index (χ1v) is 21.5. The third kappa shape index (κ3) is 9.61. The fraction of sp³-hybridized carbons (Fsp3) is 0.404. The van der Waals surface area contributed by atoms with E-state index < -0.39 is 33.6 Å². The number of ketones is 3. The third-order valence-corrected chi connectivity index (χ3v) is 13.1. The molecule has 2 bridgehead atoms. The van der Waals surface area contributed by atoms with Gasteiger partial charge >= 0.3 is 0 Å². The van der Waals surface area contributed by atoms with Crippen LogP contribution in [0.4, 0.5) is 0 Å². The number of allylic oxidation sites excluding steroid dienone is 9. The van der Waals surface area contributed by atoms with Crippen LogP contribution in [0.3, 0.4) is 0 Å². The van der Waals surface area contributed by atoms with Crippen molar-refractivity contribution in [3.05, 3.63) is 152 Å². The van der Waals surface area contributed by atoms with Crippen molar-refractivity contribution < 1.29 is 29.0 Å². The molecule has 2 aliphatic rings. The second kappa shape index (κ2) is 19.0. The molecule has 60 heavy (non-hydrogen) atoms. The number of carbonyl (C=O) groups excluding carboxylic acids is 3. The first-order chi connectivity index (χ1) is 28.2. The summed E-state index contributed by atoms with van der Waals surface area (Å²) in [6, 6.07) is 19.3. The molecule has 3 aromatic rings. The van der Waals surface area contributed by atoms with E-state index in [1.807, 2.05) is 92.7 Å². The molecule has 0 aliphatic heterocycles. The van der Waals surface area contributed by atoms with Crippen LogP contribution in [0, 0.1) is 28.1 Å². The highest BCUT2D eigenvalue weighted by Gasteiger charge is 2.72. The van der Waals surface area contributed by atoms with Crippen LogP contribution in [0.15, 0.2) is 125 Å². The molecular formula is C52H60Cl2O6. The van der Waals surface area contributed by atoms with E-state index in [1.54, 1.807) is 42.5 Å². The lowest BCUT2D eigenvalue weighted by molar-refractivity contribution is -0.172. The van der Waals surface area contributed by atoms with Crippen LogP contribution in [0.25, 0.3) is 0 Å². The normalized spacial score (nSPS) is 21.1. The van der Waals surface area contributed by atoms with Crippen LogP contribution < -0.4 is 9.47 Å². The molecule has 4 atom stereocenters. The van der Waals surface area contributed by atoms with E-state index in [-0.39, 0.29) is 67.0 Å². The highest BCUT2D eigenvalue weighted by atomic mass is 35.5. The molecule has 3 aromatic carbocycles. The van der Waals surface area contributed by atoms with Gasteiger partial charge in [0.25, 0.3) is 0 Å². The first-order valence-electron chi connectivity index (χ1n) is 20.8. The van der Waals surface area contributed by atoms with Crippen molar-refractivity contribution in [3.8, 4) is 11.5 Å². The molecule has 0 heterocycles. The summed E-state index contributed by atoms with van der Waals surface area (Å²) in [5.74, 6) is -1.80. The highest BCUT2D eigenvalue weighted by molar-refractivity contribution is 6.35. The summed E-state index contributed by atoms with van der Waals surface area (Å²) in [6.45, 7) is 22.6. The quantitative estimate of drug-likeness (QED) is 0.0630. The lowest BCUT2D eigenvalue weighted by atomic mass is 9.39. The van der Waals surface area contributed by atoms with Gasteiger partial charge in [-0.3, -0.25) is 14.4 Å². The number of hydrogen-bond donors (Lipinski definition) is 1. The zero-order valence-electron chi connectivity index (χ0n) is 36.6. The number of fused-ring (bicyclic) bond motifs is 2. The van der Waals surface area contributed by atoms with Gasteiger partial charge in [0.2, 0.25) is 0 Å². The van der Waals surface area contributed by atoms with Crippen molar-refractivity contribution in [1.82, 2.24) is 0 Å². The van der Waals surface area contributed by atoms with Crippen LogP contribution in [-0.4, -0.2) is 22.5 Å². The number of halogens is 2. The Morgan fingerprint density at radius 2 is 1.33 bits per heavy atom. The molecule has 1 saturated carbocycles. The molecule has 0 spiro atoms. The van der Waals surface area contributed by atoms with Gasteiger partial charge in [0.15, 0.2) is 28.8 Å². The first kappa shape index (κ1) is 46.4. The maximum absolute atomic E-state index is 15.7. The molecule has 0 radical (unpaired) electrons. The maximum Gasteiger partial charge on any atom is 0.200 e. The van der Waals surface area contributed by atoms with Gasteiger partial charge in [0.1, 0.15) is 30.0 Å². The van der Waals surface area contributed by atoms with Gasteiger partial charge in [-0.05, 0) is 151 Å². The number of aliphatic hydroxyl groups excluding tert-OH is 1. The summed E-state index contributed by atoms with van der Waals surface area (Å²) in [4.78, 5) is 46.4. The smallest absolute Gasteiger partial charge is 0.200 e. The van der Waals surface area contributed by atoms with Crippen LogP contribution in [0.5, 0.6) is 11.5 Å². The number of hydrogen-bond acceptors (Lipinski definition) is 6. The van der Waals surface area contributed by atoms with Gasteiger partial charge in [-0.1, -0.05) is 108 Å². The Morgan fingerprint density at radius 1 is 0.800 bits per heavy atom. The number of aliphatic hydroxyl groups is 1. The van der Waals surface area contributed by atoms with E-state index in [2.05, 4.69) is 18.7 Å². The second-order valence-corrected chi connectivity index (χ2v) is 19.0. The van der Waals surface area contributed by atoms with Crippen LogP contribution in [0.1, 0.15) is 116 Å². The van der Waals surface area contributed by atoms with Crippen LogP contribution in [0.2, 0.25) is 10.0 Å². The Kier molecular flexibility index (Phi) is 14.7. The minimum Gasteiger partial charge on any atom is -0.510 e. The van der Waals surface area contributed by atoms with Gasteiger partial charge in [0, 0.05) is 15.6 Å². The van der Waals surface area contributed by atoms with Gasteiger partial charge in [-0.25, -0.2) is 0 Å². The number of Topliss-reactive ketones (excluding diaryl/α,β-unsaturated/α-hetero) is 3. The van der Waals surface area contributed by atoms with Crippen LogP contribution >= 0.6 is 23.2 Å². The van der Waals surface area contributed by atoms with E-state index in [0.29, 0.717) is 28.6 Å². The maximum atomic E-state index is 15.7. The van der Waals surface area contributed by atoms with E-state index in [0.717, 1.165) is 33.4 Å². The molecule has 6 nitrogen and oxygen atoms in total. The largest absolute Gasteiger partial charge is 0.510 e. The van der Waals surface area contributed by atoms with Crippen molar-refractivity contribution >= 4 is 40.6 Å². The lowest BCUT2D eigenvalue weighted by Gasteiger charge is -2.60. The Labute approximate surface area is 367 Å². The summed E-state index contributed by atoms with van der Waals surface area (Å²) in [5.41, 5.74) is 1.51. The summed E-state index contributed by atoms with van der Waals surface area (Å²) in [6.07, 6.45) is 8.02. The SMILES string of the molecule is C=C(C)C(CC=C(C)C)CC12CC(CC=C(C)C)C(C)(C)C(CC=C(C)C)(C(=O)C(C(=O)c3ccc(OCc4ccc(Cl)cc4)c(OCc4ccc(Cl)cc4)c3)=C1O)C2=O. The minimum absolute atomic E-state index is 0.107. The van der Waals surface area contributed by atoms with E-state index in [9.17, 15) is 5.11 Å². The predicted octanol–water partition coefficient (Wildman–Crippen LogP) is 14.0. The molecule has 2 aliphatic carbocycles. The Bertz CT molecular complexity index is 2250. The summed E-state index contributed by atoms with van der Waals surface area (Å²) in [5, 5.41) is 14.0. The van der Waals surface area contributed by atoms with E-state index in [1.165, 1.54) is 0 Å². The van der Waals surface area contributed by atoms with E-state index >= 15 is 14.4 Å². The van der Waals surface area contributed by atoms with Crippen molar-refractivity contribution in [3.63, 3.8) is 0 Å². The average molecular weight is 852 g/mol. The van der Waals surface area contributed by atoms with Gasteiger partial charge in [-0.15, -0.1) is 0 Å². The molecule has 5 rings (SSSR count). The fourth-order valence-corrected chi connectivity index (χ4v) is 9.04. The van der Waals surface area contributed by atoms with Crippen molar-refractivity contribution in [2.45, 2.75) is 108 Å². The zero-order chi connectivity index (χ0) is 44.2. The van der Waals surface area contributed by atoms with Crippen LogP contribution in [-0.2, 0) is 22.8 Å². The number of benzene rings is 3.